The van der Waals surface area contributed by atoms with Gasteiger partial charge in [0.25, 0.3) is 5.56 Å². The normalized spacial score (nSPS) is 11.4. The Kier molecular flexibility index (Phi) is 5.25. The van der Waals surface area contributed by atoms with Gasteiger partial charge in [0.1, 0.15) is 5.75 Å². The molecule has 7 heteroatoms. The first-order valence-corrected chi connectivity index (χ1v) is 8.86. The van der Waals surface area contributed by atoms with E-state index in [9.17, 15) is 9.59 Å². The molecule has 1 aromatic carbocycles. The van der Waals surface area contributed by atoms with Crippen molar-refractivity contribution in [2.24, 2.45) is 5.92 Å². The number of nitrogens with zero attached hydrogens (tertiary/aromatic N) is 2. The van der Waals surface area contributed by atoms with E-state index in [0.717, 1.165) is 12.8 Å². The number of fused-ring (bicyclic) bond motifs is 1. The van der Waals surface area contributed by atoms with Crippen molar-refractivity contribution in [3.8, 4) is 17.1 Å². The zero-order chi connectivity index (χ0) is 18.7. The second-order valence-electron chi connectivity index (χ2n) is 6.75. The summed E-state index contributed by atoms with van der Waals surface area (Å²) in [7, 11) is 0. The maximum atomic E-state index is 12.8. The van der Waals surface area contributed by atoms with Crippen molar-refractivity contribution in [2.45, 2.75) is 40.2 Å². The minimum Gasteiger partial charge on any atom is -0.491 e. The van der Waals surface area contributed by atoms with Gasteiger partial charge in [0, 0.05) is 23.7 Å². The summed E-state index contributed by atoms with van der Waals surface area (Å²) in [5.74, 6) is 0.698. The number of hydrogen-bond donors (Lipinski definition) is 1. The summed E-state index contributed by atoms with van der Waals surface area (Å²) in [5.41, 5.74) is 0.599. The van der Waals surface area contributed by atoms with Crippen molar-refractivity contribution in [2.75, 3.05) is 6.61 Å². The summed E-state index contributed by atoms with van der Waals surface area (Å²) in [5, 5.41) is 4.99. The monoisotopic (exact) mass is 357 g/mol. The number of aromatic amines is 1. The van der Waals surface area contributed by atoms with Crippen LogP contribution in [0.1, 0.15) is 33.6 Å². The van der Waals surface area contributed by atoms with Crippen LogP contribution in [0.5, 0.6) is 5.75 Å². The molecule has 0 atom stereocenters. The van der Waals surface area contributed by atoms with E-state index in [2.05, 4.69) is 35.4 Å². The lowest BCUT2D eigenvalue weighted by atomic mass is 10.1. The first-order valence-electron chi connectivity index (χ1n) is 8.86. The quantitative estimate of drug-likeness (QED) is 0.656. The van der Waals surface area contributed by atoms with Crippen LogP contribution in [0.2, 0.25) is 0 Å². The summed E-state index contributed by atoms with van der Waals surface area (Å²) in [4.78, 5) is 26.5. The highest BCUT2D eigenvalue weighted by Gasteiger charge is 2.14. The van der Waals surface area contributed by atoms with Gasteiger partial charge in [0.2, 0.25) is 0 Å². The van der Waals surface area contributed by atoms with E-state index in [1.54, 1.807) is 29.0 Å². The van der Waals surface area contributed by atoms with Crippen LogP contribution in [0.3, 0.4) is 0 Å². The summed E-state index contributed by atoms with van der Waals surface area (Å²) in [6.45, 7) is 7.43. The lowest BCUT2D eigenvalue weighted by Crippen LogP contribution is -2.22. The number of nitrogens with one attached hydrogen (secondary N) is 1. The average molecular weight is 357 g/mol. The molecule has 0 fully saturated rings. The number of benzene rings is 1. The molecule has 0 radical (unpaired) electrons. The highest BCUT2D eigenvalue weighted by Crippen LogP contribution is 2.28. The molecule has 2 heterocycles. The highest BCUT2D eigenvalue weighted by atomic mass is 16.5. The molecule has 0 amide bonds. The third-order valence-electron chi connectivity index (χ3n) is 4.08. The van der Waals surface area contributed by atoms with Crippen molar-refractivity contribution in [3.63, 3.8) is 0 Å². The van der Waals surface area contributed by atoms with Crippen molar-refractivity contribution < 1.29 is 9.26 Å². The van der Waals surface area contributed by atoms with Gasteiger partial charge in [-0.15, -0.1) is 0 Å². The van der Waals surface area contributed by atoms with E-state index >= 15 is 0 Å². The molecule has 26 heavy (non-hydrogen) atoms. The zero-order valence-corrected chi connectivity index (χ0v) is 15.2. The molecule has 0 unspecified atom stereocenters. The maximum absolute atomic E-state index is 12.8. The van der Waals surface area contributed by atoms with Crippen LogP contribution >= 0.6 is 0 Å². The lowest BCUT2D eigenvalue weighted by molar-refractivity contribution is 0.309. The Bertz CT molecular complexity index is 1010. The predicted molar refractivity (Wildman–Crippen MR) is 99.6 cm³/mol. The Morgan fingerprint density at radius 1 is 1.27 bits per heavy atom. The van der Waals surface area contributed by atoms with Crippen LogP contribution in [0.4, 0.5) is 0 Å². The third kappa shape index (κ3) is 3.71. The lowest BCUT2D eigenvalue weighted by Gasteiger charge is -2.15. The van der Waals surface area contributed by atoms with Crippen LogP contribution < -0.4 is 16.1 Å². The smallest absolute Gasteiger partial charge is 0.439 e. The van der Waals surface area contributed by atoms with E-state index in [1.165, 1.54) is 0 Å². The Morgan fingerprint density at radius 2 is 2.08 bits per heavy atom. The van der Waals surface area contributed by atoms with Crippen LogP contribution in [-0.4, -0.2) is 21.3 Å². The Morgan fingerprint density at radius 3 is 2.73 bits per heavy atom. The molecule has 0 saturated heterocycles. The van der Waals surface area contributed by atoms with E-state index in [0.29, 0.717) is 47.0 Å². The van der Waals surface area contributed by atoms with Gasteiger partial charge in [-0.2, -0.15) is 0 Å². The van der Waals surface area contributed by atoms with Crippen molar-refractivity contribution in [3.05, 3.63) is 45.3 Å². The fourth-order valence-corrected chi connectivity index (χ4v) is 2.83. The number of H-pyrrole nitrogens is 1. The SMILES string of the molecule is CCCCOc1cn(CC(C)C)c(=O)c2ccc(-c3noc(=O)[nH]3)cc12. The summed E-state index contributed by atoms with van der Waals surface area (Å²) < 4.78 is 12.2. The van der Waals surface area contributed by atoms with Crippen LogP contribution in [-0.2, 0) is 6.54 Å². The van der Waals surface area contributed by atoms with Crippen LogP contribution in [0.15, 0.2) is 38.5 Å². The molecule has 0 saturated carbocycles. The minimum absolute atomic E-state index is 0.0586. The molecular formula is C19H23N3O4. The topological polar surface area (TPSA) is 90.1 Å². The van der Waals surface area contributed by atoms with Gasteiger partial charge < -0.3 is 9.30 Å². The zero-order valence-electron chi connectivity index (χ0n) is 15.2. The molecule has 0 bridgehead atoms. The summed E-state index contributed by atoms with van der Waals surface area (Å²) >= 11 is 0. The molecular weight excluding hydrogens is 334 g/mol. The highest BCUT2D eigenvalue weighted by molar-refractivity contribution is 5.90. The number of rotatable bonds is 7. The van der Waals surface area contributed by atoms with Crippen molar-refractivity contribution in [1.29, 1.82) is 0 Å². The van der Waals surface area contributed by atoms with Gasteiger partial charge in [-0.3, -0.25) is 14.3 Å². The first kappa shape index (κ1) is 18.0. The average Bonchev–Trinajstić information content (AvgIpc) is 3.04. The first-order chi connectivity index (χ1) is 12.5. The van der Waals surface area contributed by atoms with Gasteiger partial charge in [-0.05, 0) is 24.5 Å². The largest absolute Gasteiger partial charge is 0.491 e. The molecule has 0 spiro atoms. The number of aromatic nitrogens is 3. The summed E-state index contributed by atoms with van der Waals surface area (Å²) in [6.07, 6.45) is 3.73. The molecule has 7 nitrogen and oxygen atoms in total. The van der Waals surface area contributed by atoms with E-state index < -0.39 is 5.76 Å². The molecule has 0 aliphatic heterocycles. The van der Waals surface area contributed by atoms with Gasteiger partial charge in [-0.1, -0.05) is 38.4 Å². The van der Waals surface area contributed by atoms with E-state index in [-0.39, 0.29) is 5.56 Å². The molecule has 0 aliphatic rings. The van der Waals surface area contributed by atoms with E-state index in [1.807, 2.05) is 0 Å². The van der Waals surface area contributed by atoms with E-state index in [4.69, 9.17) is 4.74 Å². The number of pyridine rings is 1. The fourth-order valence-electron chi connectivity index (χ4n) is 2.83. The van der Waals surface area contributed by atoms with Gasteiger partial charge in [0.05, 0.1) is 12.0 Å². The number of unbranched alkanes of at least 4 members (excludes halogenated alkanes) is 1. The molecule has 0 aliphatic carbocycles. The van der Waals surface area contributed by atoms with Gasteiger partial charge >= 0.3 is 5.76 Å². The summed E-state index contributed by atoms with van der Waals surface area (Å²) in [6, 6.07) is 5.28. The van der Waals surface area contributed by atoms with Crippen molar-refractivity contribution >= 4 is 10.8 Å². The Labute approximate surface area is 150 Å². The third-order valence-corrected chi connectivity index (χ3v) is 4.08. The van der Waals surface area contributed by atoms with Gasteiger partial charge in [-0.25, -0.2) is 4.79 Å². The molecule has 1 N–H and O–H groups in total. The predicted octanol–water partition coefficient (Wildman–Crippen LogP) is 3.18. The fraction of sp³-hybridized carbons (Fsp3) is 0.421. The molecule has 3 aromatic rings. The Balaban J connectivity index is 2.14. The van der Waals surface area contributed by atoms with Gasteiger partial charge in [0.15, 0.2) is 5.82 Å². The minimum atomic E-state index is -0.619. The number of hydrogen-bond acceptors (Lipinski definition) is 5. The maximum Gasteiger partial charge on any atom is 0.439 e. The molecule has 3 rings (SSSR count). The number of ether oxygens (including phenoxy) is 1. The Hall–Kier alpha value is -2.83. The molecule has 138 valence electrons. The van der Waals surface area contributed by atoms with Crippen molar-refractivity contribution in [1.82, 2.24) is 14.7 Å². The second kappa shape index (κ2) is 7.59. The van der Waals surface area contributed by atoms with Crippen LogP contribution in [0.25, 0.3) is 22.2 Å². The second-order valence-corrected chi connectivity index (χ2v) is 6.75. The standard InChI is InChI=1S/C19H23N3O4/c1-4-5-8-25-16-11-22(10-12(2)3)18(23)14-7-6-13(9-15(14)16)17-20-19(24)26-21-17/h6-7,9,11-12H,4-5,8,10H2,1-3H3,(H,20,21,24). The molecule has 2 aromatic heterocycles. The van der Waals surface area contributed by atoms with Crippen LogP contribution in [0, 0.1) is 5.92 Å².